The van der Waals surface area contributed by atoms with Crippen LogP contribution in [0.1, 0.15) is 59.8 Å². The number of hydrogen-bond acceptors (Lipinski definition) is 3. The molecule has 1 saturated heterocycles. The number of methoxy groups -OCH3 is 1. The van der Waals surface area contributed by atoms with Crippen molar-refractivity contribution in [3.8, 4) is 0 Å². The smallest absolute Gasteiger partial charge is 0.170 e. The molecule has 0 aromatic carbocycles. The van der Waals surface area contributed by atoms with Crippen LogP contribution in [-0.2, 0) is 9.47 Å². The summed E-state index contributed by atoms with van der Waals surface area (Å²) < 4.78 is 11.6. The molecule has 1 heterocycles. The minimum atomic E-state index is -0.718. The Balaban J connectivity index is 2.39. The van der Waals surface area contributed by atoms with Gasteiger partial charge in [-0.3, -0.25) is 0 Å². The number of ether oxygens (including phenoxy) is 2. The van der Waals surface area contributed by atoms with Crippen molar-refractivity contribution >= 4 is 0 Å². The molecule has 3 nitrogen and oxygen atoms in total. The second kappa shape index (κ2) is 12.9. The molecule has 1 aliphatic rings. The number of allylic oxidation sites excluding steroid dienone is 8. The van der Waals surface area contributed by atoms with E-state index in [-0.39, 0.29) is 12.0 Å². The first-order chi connectivity index (χ1) is 13.3. The highest BCUT2D eigenvalue weighted by Crippen LogP contribution is 2.35. The van der Waals surface area contributed by atoms with Gasteiger partial charge in [0.1, 0.15) is 0 Å². The van der Waals surface area contributed by atoms with Crippen molar-refractivity contribution in [3.05, 3.63) is 60.8 Å². The van der Waals surface area contributed by atoms with Crippen LogP contribution in [0, 0.1) is 11.8 Å². The van der Waals surface area contributed by atoms with Crippen LogP contribution in [0.3, 0.4) is 0 Å². The third kappa shape index (κ3) is 8.72. The largest absolute Gasteiger partial charge is 0.393 e. The molecule has 1 fully saturated rings. The van der Waals surface area contributed by atoms with E-state index in [1.165, 1.54) is 5.57 Å². The molecule has 0 aromatic heterocycles. The third-order valence-electron chi connectivity index (χ3n) is 5.50. The molecular weight excluding hydrogens is 348 g/mol. The summed E-state index contributed by atoms with van der Waals surface area (Å²) in [5, 5.41) is 10.3. The second-order valence-electron chi connectivity index (χ2n) is 8.09. The van der Waals surface area contributed by atoms with E-state index in [0.717, 1.165) is 25.7 Å². The fourth-order valence-corrected chi connectivity index (χ4v) is 3.44. The van der Waals surface area contributed by atoms with Gasteiger partial charge in [0.05, 0.1) is 12.2 Å². The summed E-state index contributed by atoms with van der Waals surface area (Å²) in [5.41, 5.74) is 1.38. The maximum absolute atomic E-state index is 10.3. The lowest BCUT2D eigenvalue weighted by molar-refractivity contribution is -0.302. The summed E-state index contributed by atoms with van der Waals surface area (Å²) in [6.07, 6.45) is 21.1. The zero-order chi connectivity index (χ0) is 21.0. The molecule has 0 amide bonds. The highest BCUT2D eigenvalue weighted by atomic mass is 16.7. The monoisotopic (exact) mass is 388 g/mol. The molecule has 0 spiro atoms. The average Bonchev–Trinajstić information content (AvgIpc) is 2.65. The summed E-state index contributed by atoms with van der Waals surface area (Å²) in [6, 6.07) is 0. The fourth-order valence-electron chi connectivity index (χ4n) is 3.44. The van der Waals surface area contributed by atoms with Crippen molar-refractivity contribution in [2.24, 2.45) is 11.8 Å². The van der Waals surface area contributed by atoms with E-state index < -0.39 is 11.9 Å². The second-order valence-corrected chi connectivity index (χ2v) is 8.09. The first kappa shape index (κ1) is 24.6. The minimum Gasteiger partial charge on any atom is -0.393 e. The van der Waals surface area contributed by atoms with E-state index in [2.05, 4.69) is 63.0 Å². The highest BCUT2D eigenvalue weighted by molar-refractivity contribution is 5.13. The van der Waals surface area contributed by atoms with E-state index in [1.807, 2.05) is 19.9 Å². The molecular formula is C25H40O3. The lowest BCUT2D eigenvalue weighted by atomic mass is 9.87. The molecule has 0 aromatic rings. The summed E-state index contributed by atoms with van der Waals surface area (Å²) in [7, 11) is 1.64. The zero-order valence-corrected chi connectivity index (χ0v) is 18.4. The van der Waals surface area contributed by atoms with Gasteiger partial charge in [-0.15, -0.1) is 6.58 Å². The van der Waals surface area contributed by atoms with Crippen LogP contribution >= 0.6 is 0 Å². The predicted molar refractivity (Wildman–Crippen MR) is 119 cm³/mol. The molecule has 0 bridgehead atoms. The van der Waals surface area contributed by atoms with E-state index in [1.54, 1.807) is 7.11 Å². The summed E-state index contributed by atoms with van der Waals surface area (Å²) in [5.74, 6) is -0.260. The molecule has 0 unspecified atom stereocenters. The van der Waals surface area contributed by atoms with Crippen LogP contribution in [0.5, 0.6) is 0 Å². The zero-order valence-electron chi connectivity index (χ0n) is 18.4. The van der Waals surface area contributed by atoms with Gasteiger partial charge >= 0.3 is 0 Å². The van der Waals surface area contributed by atoms with Crippen molar-refractivity contribution in [1.82, 2.24) is 0 Å². The Labute approximate surface area is 172 Å². The predicted octanol–water partition coefficient (Wildman–Crippen LogP) is 6.13. The van der Waals surface area contributed by atoms with Crippen molar-refractivity contribution in [2.75, 3.05) is 7.11 Å². The Morgan fingerprint density at radius 2 is 2.04 bits per heavy atom. The first-order valence-electron chi connectivity index (χ1n) is 10.5. The lowest BCUT2D eigenvalue weighted by Gasteiger charge is -2.44. The van der Waals surface area contributed by atoms with Crippen molar-refractivity contribution in [2.45, 2.75) is 77.8 Å². The standard InChI is InChI=1S/C25H40O3/c1-7-8-9-10-12-15-20(2)18-21(3)16-13-11-14-17-23-19-24(26)22(4)25(5,27-6)28-23/h7,10-16,21-24,26H,1,8-9,17-19H2,2-6H3/b12-10+,14-11+,16-13+,20-15+/t21-,22+,23+,24-,25-/m0/s1. The maximum atomic E-state index is 10.3. The Bertz CT molecular complexity index is 572. The number of unbranched alkanes of at least 4 members (excludes halogenated alkanes) is 1. The molecule has 1 aliphatic heterocycles. The molecule has 28 heavy (non-hydrogen) atoms. The van der Waals surface area contributed by atoms with Gasteiger partial charge in [-0.1, -0.05) is 68.0 Å². The summed E-state index contributed by atoms with van der Waals surface area (Å²) >= 11 is 0. The Morgan fingerprint density at radius 1 is 1.29 bits per heavy atom. The van der Waals surface area contributed by atoms with Gasteiger partial charge in [0.25, 0.3) is 0 Å². The van der Waals surface area contributed by atoms with E-state index in [0.29, 0.717) is 12.3 Å². The SMILES string of the molecule is C=CCC/C=C/C=C(\C)C[C@@H](C)/C=C/C=C/C[C@@H]1C[C@H](O)[C@@H](C)[C@@](C)(OC)O1. The van der Waals surface area contributed by atoms with Gasteiger partial charge in [0.15, 0.2) is 5.79 Å². The number of aliphatic hydroxyl groups excluding tert-OH is 1. The number of hydrogen-bond donors (Lipinski definition) is 1. The van der Waals surface area contributed by atoms with Crippen molar-refractivity contribution in [3.63, 3.8) is 0 Å². The fraction of sp³-hybridized carbons (Fsp3) is 0.600. The summed E-state index contributed by atoms with van der Waals surface area (Å²) in [4.78, 5) is 0. The van der Waals surface area contributed by atoms with E-state index in [9.17, 15) is 5.11 Å². The van der Waals surface area contributed by atoms with E-state index in [4.69, 9.17) is 9.47 Å². The number of rotatable bonds is 11. The topological polar surface area (TPSA) is 38.7 Å². The van der Waals surface area contributed by atoms with Gasteiger partial charge in [-0.2, -0.15) is 0 Å². The Kier molecular flexibility index (Phi) is 11.4. The molecule has 1 rings (SSSR count). The molecule has 3 heteroatoms. The molecule has 0 saturated carbocycles. The molecule has 5 atom stereocenters. The van der Waals surface area contributed by atoms with Crippen LogP contribution < -0.4 is 0 Å². The van der Waals surface area contributed by atoms with E-state index >= 15 is 0 Å². The van der Waals surface area contributed by atoms with Gasteiger partial charge < -0.3 is 14.6 Å². The maximum Gasteiger partial charge on any atom is 0.170 e. The van der Waals surface area contributed by atoms with Crippen LogP contribution in [0.15, 0.2) is 60.8 Å². The average molecular weight is 389 g/mol. The normalized spacial score (nSPS) is 30.5. The third-order valence-corrected chi connectivity index (χ3v) is 5.50. The van der Waals surface area contributed by atoms with Crippen LogP contribution in [0.25, 0.3) is 0 Å². The van der Waals surface area contributed by atoms with Gasteiger partial charge in [-0.05, 0) is 45.4 Å². The van der Waals surface area contributed by atoms with Crippen molar-refractivity contribution in [1.29, 1.82) is 0 Å². The molecule has 158 valence electrons. The molecule has 0 radical (unpaired) electrons. The Morgan fingerprint density at radius 3 is 2.71 bits per heavy atom. The summed E-state index contributed by atoms with van der Waals surface area (Å²) in [6.45, 7) is 12.0. The lowest BCUT2D eigenvalue weighted by Crippen LogP contribution is -2.52. The van der Waals surface area contributed by atoms with Crippen molar-refractivity contribution < 1.29 is 14.6 Å². The van der Waals surface area contributed by atoms with Crippen LogP contribution in [-0.4, -0.2) is 30.2 Å². The van der Waals surface area contributed by atoms with Crippen LogP contribution in [0.4, 0.5) is 0 Å². The number of aliphatic hydroxyl groups is 1. The highest BCUT2D eigenvalue weighted by Gasteiger charge is 2.43. The van der Waals surface area contributed by atoms with Gasteiger partial charge in [-0.25, -0.2) is 0 Å². The molecule has 1 N–H and O–H groups in total. The Hall–Kier alpha value is -1.42. The van der Waals surface area contributed by atoms with Gasteiger partial charge in [0.2, 0.25) is 0 Å². The molecule has 0 aliphatic carbocycles. The quantitative estimate of drug-likeness (QED) is 0.263. The first-order valence-corrected chi connectivity index (χ1v) is 10.5. The van der Waals surface area contributed by atoms with Crippen LogP contribution in [0.2, 0.25) is 0 Å². The minimum absolute atomic E-state index is 0.0173. The van der Waals surface area contributed by atoms with Gasteiger partial charge in [0, 0.05) is 19.4 Å².